The molecule has 0 saturated carbocycles. The van der Waals surface area contributed by atoms with Crippen LogP contribution in [-0.2, 0) is 6.54 Å². The molecule has 0 atom stereocenters. The van der Waals surface area contributed by atoms with Crippen LogP contribution in [0, 0.1) is 5.82 Å². The van der Waals surface area contributed by atoms with Crippen LogP contribution in [0.15, 0.2) is 77.6 Å². The minimum absolute atomic E-state index is 0.0327. The molecule has 5 nitrogen and oxygen atoms in total. The van der Waals surface area contributed by atoms with Crippen molar-refractivity contribution < 1.29 is 17.9 Å². The molecule has 8 heteroatoms. The molecule has 0 aliphatic carbocycles. The fraction of sp³-hybridized carbons (Fsp3) is 0.0909. The summed E-state index contributed by atoms with van der Waals surface area (Å²) in [5.74, 6) is -0.344. The second-order valence-electron chi connectivity index (χ2n) is 6.43. The molecule has 0 radical (unpaired) electrons. The fourth-order valence-corrected chi connectivity index (χ4v) is 3.06. The van der Waals surface area contributed by atoms with Gasteiger partial charge in [0.15, 0.2) is 5.82 Å². The zero-order chi connectivity index (χ0) is 21.1. The zero-order valence-electron chi connectivity index (χ0n) is 15.6. The third-order valence-electron chi connectivity index (χ3n) is 4.48. The number of halogens is 3. The van der Waals surface area contributed by atoms with Crippen molar-refractivity contribution in [3.8, 4) is 17.1 Å². The molecule has 0 spiro atoms. The smallest absolute Gasteiger partial charge is 0.387 e. The van der Waals surface area contributed by atoms with Crippen LogP contribution in [0.25, 0.3) is 22.3 Å². The summed E-state index contributed by atoms with van der Waals surface area (Å²) in [4.78, 5) is 17.5. The maximum absolute atomic E-state index is 14.4. The van der Waals surface area contributed by atoms with Gasteiger partial charge in [-0.3, -0.25) is 4.79 Å². The monoisotopic (exact) mass is 411 g/mol. The Morgan fingerprint density at radius 1 is 0.967 bits per heavy atom. The number of ether oxygens (including phenoxy) is 1. The molecule has 0 aliphatic heterocycles. The van der Waals surface area contributed by atoms with Crippen LogP contribution in [0.3, 0.4) is 0 Å². The molecule has 0 amide bonds. The summed E-state index contributed by atoms with van der Waals surface area (Å²) in [5, 5.41) is 0.380. The van der Waals surface area contributed by atoms with E-state index >= 15 is 0 Å². The first-order valence-corrected chi connectivity index (χ1v) is 9.07. The number of nitrogens with one attached hydrogen (secondary N) is 1. The molecule has 1 N–H and O–H groups in total. The third kappa shape index (κ3) is 3.98. The number of alkyl halides is 2. The van der Waals surface area contributed by atoms with Crippen molar-refractivity contribution in [1.82, 2.24) is 9.66 Å². The van der Waals surface area contributed by atoms with Crippen LogP contribution in [0.1, 0.15) is 5.56 Å². The molecule has 0 aliphatic rings. The minimum Gasteiger partial charge on any atom is -0.435 e. The van der Waals surface area contributed by atoms with Crippen LogP contribution in [0.4, 0.5) is 13.2 Å². The molecule has 0 fully saturated rings. The van der Waals surface area contributed by atoms with Gasteiger partial charge in [0, 0.05) is 0 Å². The zero-order valence-corrected chi connectivity index (χ0v) is 15.6. The van der Waals surface area contributed by atoms with E-state index in [0.717, 1.165) is 0 Å². The van der Waals surface area contributed by atoms with Crippen LogP contribution < -0.4 is 15.7 Å². The number of nitrogens with zero attached hydrogens (tertiary/aromatic N) is 2. The number of fused-ring (bicyclic) bond motifs is 1. The molecule has 1 heterocycles. The average molecular weight is 411 g/mol. The standard InChI is InChI=1S/C22H16F3N3O2/c23-18-7-3-1-5-16(18)20-27-19-8-4-2-6-17(19)21(29)28(20)26-13-14-9-11-15(12-10-14)30-22(24)25/h1-12,22,26H,13H2. The number of rotatable bonds is 6. The number of hydrogen-bond donors (Lipinski definition) is 1. The number of hydrogen-bond acceptors (Lipinski definition) is 4. The van der Waals surface area contributed by atoms with Crippen molar-refractivity contribution in [2.45, 2.75) is 13.2 Å². The van der Waals surface area contributed by atoms with Gasteiger partial charge in [0.1, 0.15) is 11.6 Å². The first-order chi connectivity index (χ1) is 14.5. The summed E-state index contributed by atoms with van der Waals surface area (Å²) < 4.78 is 44.5. The topological polar surface area (TPSA) is 56.2 Å². The Morgan fingerprint density at radius 3 is 2.40 bits per heavy atom. The van der Waals surface area contributed by atoms with Gasteiger partial charge in [0.25, 0.3) is 5.56 Å². The number of aromatic nitrogens is 2. The van der Waals surface area contributed by atoms with Gasteiger partial charge in [0.05, 0.1) is 23.0 Å². The molecule has 152 valence electrons. The van der Waals surface area contributed by atoms with Gasteiger partial charge < -0.3 is 10.2 Å². The predicted molar refractivity (Wildman–Crippen MR) is 108 cm³/mol. The normalized spacial score (nSPS) is 11.1. The second kappa shape index (κ2) is 8.28. The van der Waals surface area contributed by atoms with E-state index in [9.17, 15) is 18.0 Å². The molecule has 30 heavy (non-hydrogen) atoms. The summed E-state index contributed by atoms with van der Waals surface area (Å²) >= 11 is 0. The predicted octanol–water partition coefficient (Wildman–Crippen LogP) is 4.55. The lowest BCUT2D eigenvalue weighted by Gasteiger charge is -2.16. The van der Waals surface area contributed by atoms with Gasteiger partial charge in [-0.2, -0.15) is 8.78 Å². The molecule has 0 bridgehead atoms. The minimum atomic E-state index is -2.90. The van der Waals surface area contributed by atoms with Gasteiger partial charge in [-0.25, -0.2) is 14.1 Å². The van der Waals surface area contributed by atoms with E-state index in [-0.39, 0.29) is 29.2 Å². The number of benzene rings is 3. The van der Waals surface area contributed by atoms with Gasteiger partial charge in [-0.05, 0) is 42.0 Å². The molecule has 0 unspecified atom stereocenters. The van der Waals surface area contributed by atoms with Crippen molar-refractivity contribution in [2.75, 3.05) is 5.43 Å². The molecule has 3 aromatic carbocycles. The molecule has 4 aromatic rings. The summed E-state index contributed by atoms with van der Waals surface area (Å²) in [6.07, 6.45) is 0. The lowest BCUT2D eigenvalue weighted by Crippen LogP contribution is -2.31. The van der Waals surface area contributed by atoms with Crippen molar-refractivity contribution in [2.24, 2.45) is 0 Å². The van der Waals surface area contributed by atoms with Crippen LogP contribution in [0.5, 0.6) is 5.75 Å². The van der Waals surface area contributed by atoms with Crippen LogP contribution in [0.2, 0.25) is 0 Å². The summed E-state index contributed by atoms with van der Waals surface area (Å²) in [5.41, 5.74) is 3.91. The van der Waals surface area contributed by atoms with Crippen LogP contribution >= 0.6 is 0 Å². The summed E-state index contributed by atoms with van der Waals surface area (Å²) in [7, 11) is 0. The third-order valence-corrected chi connectivity index (χ3v) is 4.48. The Hall–Kier alpha value is -3.81. The molecular weight excluding hydrogens is 395 g/mol. The second-order valence-corrected chi connectivity index (χ2v) is 6.43. The summed E-state index contributed by atoms with van der Waals surface area (Å²) in [6.45, 7) is -2.73. The van der Waals surface area contributed by atoms with Crippen molar-refractivity contribution >= 4 is 10.9 Å². The molecular formula is C22H16F3N3O2. The fourth-order valence-electron chi connectivity index (χ4n) is 3.06. The quantitative estimate of drug-likeness (QED) is 0.506. The highest BCUT2D eigenvalue weighted by atomic mass is 19.3. The van der Waals surface area contributed by atoms with E-state index in [2.05, 4.69) is 15.1 Å². The Bertz CT molecular complexity index is 1240. The van der Waals surface area contributed by atoms with Gasteiger partial charge >= 0.3 is 6.61 Å². The van der Waals surface area contributed by atoms with E-state index in [4.69, 9.17) is 0 Å². The lowest BCUT2D eigenvalue weighted by molar-refractivity contribution is -0.0498. The molecule has 1 aromatic heterocycles. The van der Waals surface area contributed by atoms with Crippen molar-refractivity contribution in [3.63, 3.8) is 0 Å². The van der Waals surface area contributed by atoms with E-state index < -0.39 is 12.4 Å². The lowest BCUT2D eigenvalue weighted by atomic mass is 10.1. The van der Waals surface area contributed by atoms with E-state index in [1.807, 2.05) is 0 Å². The van der Waals surface area contributed by atoms with E-state index in [0.29, 0.717) is 16.5 Å². The van der Waals surface area contributed by atoms with E-state index in [1.54, 1.807) is 54.6 Å². The van der Waals surface area contributed by atoms with Crippen molar-refractivity contribution in [3.05, 3.63) is 94.5 Å². The first-order valence-electron chi connectivity index (χ1n) is 9.07. The van der Waals surface area contributed by atoms with E-state index in [1.165, 1.54) is 22.9 Å². The number of para-hydroxylation sites is 1. The maximum Gasteiger partial charge on any atom is 0.387 e. The van der Waals surface area contributed by atoms with Crippen molar-refractivity contribution in [1.29, 1.82) is 0 Å². The van der Waals surface area contributed by atoms with Gasteiger partial charge in [-0.1, -0.05) is 36.4 Å². The largest absolute Gasteiger partial charge is 0.435 e. The highest BCUT2D eigenvalue weighted by Gasteiger charge is 2.15. The highest BCUT2D eigenvalue weighted by Crippen LogP contribution is 2.21. The average Bonchev–Trinajstić information content (AvgIpc) is 2.74. The Balaban J connectivity index is 1.72. The Labute approximate surface area is 169 Å². The Kier molecular flexibility index (Phi) is 5.38. The first kappa shape index (κ1) is 19.5. The maximum atomic E-state index is 14.4. The van der Waals surface area contributed by atoms with Gasteiger partial charge in [0.2, 0.25) is 0 Å². The Morgan fingerprint density at radius 2 is 1.67 bits per heavy atom. The van der Waals surface area contributed by atoms with Gasteiger partial charge in [-0.15, -0.1) is 0 Å². The SMILES string of the molecule is O=c1c2ccccc2nc(-c2ccccc2F)n1NCc1ccc(OC(F)F)cc1. The summed E-state index contributed by atoms with van der Waals surface area (Å²) in [6, 6.07) is 18.8. The molecule has 0 saturated heterocycles. The van der Waals surface area contributed by atoms with Crippen LogP contribution in [-0.4, -0.2) is 16.3 Å². The highest BCUT2D eigenvalue weighted by molar-refractivity contribution is 5.79. The molecule has 4 rings (SSSR count).